The van der Waals surface area contributed by atoms with Gasteiger partial charge in [0.25, 0.3) is 0 Å². The molecule has 0 bridgehead atoms. The Morgan fingerprint density at radius 1 is 1.06 bits per heavy atom. The molecule has 2 aromatic carbocycles. The Bertz CT molecular complexity index is 1220. The Balaban J connectivity index is 1.66. The third-order valence-corrected chi connectivity index (χ3v) is 6.82. The SMILES string of the molecule is COc1cnccc1-c1cccc(C2(NS(=O)(=O)c3cccc(C(F)(F)F)c3)CC2)c1. The van der Waals surface area contributed by atoms with Gasteiger partial charge >= 0.3 is 6.18 Å². The maximum Gasteiger partial charge on any atom is 0.416 e. The van der Waals surface area contributed by atoms with E-state index in [-0.39, 0.29) is 0 Å². The van der Waals surface area contributed by atoms with E-state index in [9.17, 15) is 21.6 Å². The molecule has 1 N–H and O–H groups in total. The van der Waals surface area contributed by atoms with Crippen LogP contribution >= 0.6 is 0 Å². The van der Waals surface area contributed by atoms with Gasteiger partial charge in [0.05, 0.1) is 29.3 Å². The van der Waals surface area contributed by atoms with Crippen molar-refractivity contribution >= 4 is 10.0 Å². The lowest BCUT2D eigenvalue weighted by molar-refractivity contribution is -0.137. The average molecular weight is 448 g/mol. The first-order valence-corrected chi connectivity index (χ1v) is 10.9. The molecule has 5 nitrogen and oxygen atoms in total. The summed E-state index contributed by atoms with van der Waals surface area (Å²) in [5, 5.41) is 0. The van der Waals surface area contributed by atoms with Crippen LogP contribution in [-0.2, 0) is 21.7 Å². The molecule has 0 radical (unpaired) electrons. The molecule has 1 fully saturated rings. The predicted molar refractivity (Wildman–Crippen MR) is 109 cm³/mol. The number of rotatable bonds is 6. The molecule has 1 heterocycles. The topological polar surface area (TPSA) is 68.3 Å². The van der Waals surface area contributed by atoms with E-state index in [1.54, 1.807) is 24.5 Å². The Morgan fingerprint density at radius 3 is 2.48 bits per heavy atom. The zero-order valence-electron chi connectivity index (χ0n) is 16.5. The highest BCUT2D eigenvalue weighted by Gasteiger charge is 2.48. The number of methoxy groups -OCH3 is 1. The highest BCUT2D eigenvalue weighted by Crippen LogP contribution is 2.47. The second-order valence-corrected chi connectivity index (χ2v) is 9.05. The van der Waals surface area contributed by atoms with E-state index in [1.165, 1.54) is 7.11 Å². The third kappa shape index (κ3) is 4.28. The summed E-state index contributed by atoms with van der Waals surface area (Å²) in [5.41, 5.74) is 0.493. The molecular formula is C22H19F3N2O3S. The van der Waals surface area contributed by atoms with Gasteiger partial charge < -0.3 is 4.74 Å². The van der Waals surface area contributed by atoms with Crippen molar-refractivity contribution in [1.29, 1.82) is 0 Å². The molecule has 162 valence electrons. The summed E-state index contributed by atoms with van der Waals surface area (Å²) in [6.07, 6.45) is -0.315. The molecule has 1 aliphatic carbocycles. The van der Waals surface area contributed by atoms with Crippen LogP contribution < -0.4 is 9.46 Å². The van der Waals surface area contributed by atoms with Crippen molar-refractivity contribution < 1.29 is 26.3 Å². The largest absolute Gasteiger partial charge is 0.494 e. The number of pyridine rings is 1. The van der Waals surface area contributed by atoms with Crippen molar-refractivity contribution in [3.63, 3.8) is 0 Å². The molecule has 1 aliphatic rings. The van der Waals surface area contributed by atoms with Crippen molar-refractivity contribution in [2.24, 2.45) is 0 Å². The summed E-state index contributed by atoms with van der Waals surface area (Å²) in [6, 6.07) is 12.9. The average Bonchev–Trinajstić information content (AvgIpc) is 3.53. The van der Waals surface area contributed by atoms with Crippen molar-refractivity contribution in [3.8, 4) is 16.9 Å². The summed E-state index contributed by atoms with van der Waals surface area (Å²) >= 11 is 0. The van der Waals surface area contributed by atoms with Gasteiger partial charge in [0.15, 0.2) is 0 Å². The van der Waals surface area contributed by atoms with Crippen molar-refractivity contribution in [1.82, 2.24) is 9.71 Å². The zero-order chi connectivity index (χ0) is 22.3. The van der Waals surface area contributed by atoms with E-state index in [0.29, 0.717) is 24.7 Å². The number of halogens is 3. The number of benzene rings is 2. The lowest BCUT2D eigenvalue weighted by Gasteiger charge is -2.20. The van der Waals surface area contributed by atoms with Gasteiger partial charge in [-0.2, -0.15) is 13.2 Å². The number of aromatic nitrogens is 1. The number of sulfonamides is 1. The van der Waals surface area contributed by atoms with Crippen molar-refractivity contribution in [2.45, 2.75) is 29.5 Å². The molecule has 1 aromatic heterocycles. The quantitative estimate of drug-likeness (QED) is 0.591. The van der Waals surface area contributed by atoms with Gasteiger partial charge in [0.2, 0.25) is 10.0 Å². The van der Waals surface area contributed by atoms with Crippen LogP contribution in [0.3, 0.4) is 0 Å². The molecule has 0 atom stereocenters. The molecule has 31 heavy (non-hydrogen) atoms. The number of hydrogen-bond donors (Lipinski definition) is 1. The summed E-state index contributed by atoms with van der Waals surface area (Å²) < 4.78 is 72.8. The standard InChI is InChI=1S/C22H19F3N2O3S/c1-30-20-14-26-11-8-19(20)15-4-2-5-16(12-15)21(9-10-21)27-31(28,29)18-7-3-6-17(13-18)22(23,24)25/h2-8,11-14,27H,9-10H2,1H3. The molecule has 0 spiro atoms. The van der Waals surface area contributed by atoms with Gasteiger partial charge in [-0.05, 0) is 54.3 Å². The van der Waals surface area contributed by atoms with E-state index >= 15 is 0 Å². The predicted octanol–water partition coefficient (Wildman–Crippen LogP) is 4.74. The number of hydrogen-bond acceptors (Lipinski definition) is 4. The van der Waals surface area contributed by atoms with Crippen LogP contribution in [0.4, 0.5) is 13.2 Å². The summed E-state index contributed by atoms with van der Waals surface area (Å²) in [7, 11) is -2.62. The minimum atomic E-state index is -4.62. The van der Waals surface area contributed by atoms with E-state index in [1.807, 2.05) is 18.2 Å². The number of ether oxygens (including phenoxy) is 1. The molecule has 4 rings (SSSR count). The zero-order valence-corrected chi connectivity index (χ0v) is 17.3. The van der Waals surface area contributed by atoms with E-state index < -0.39 is 32.2 Å². The Morgan fingerprint density at radius 2 is 1.81 bits per heavy atom. The smallest absolute Gasteiger partial charge is 0.416 e. The fourth-order valence-electron chi connectivity index (χ4n) is 3.50. The Labute approximate surface area is 178 Å². The third-order valence-electron chi connectivity index (χ3n) is 5.28. The van der Waals surface area contributed by atoms with Crippen molar-refractivity contribution in [2.75, 3.05) is 7.11 Å². The van der Waals surface area contributed by atoms with Crippen molar-refractivity contribution in [3.05, 3.63) is 78.1 Å². The van der Waals surface area contributed by atoms with Crippen LogP contribution in [-0.4, -0.2) is 20.5 Å². The molecule has 0 amide bonds. The van der Waals surface area contributed by atoms with Crippen LogP contribution in [0.15, 0.2) is 71.9 Å². The summed E-state index contributed by atoms with van der Waals surface area (Å²) in [6.45, 7) is 0. The fraction of sp³-hybridized carbons (Fsp3) is 0.227. The molecule has 0 aliphatic heterocycles. The second kappa shape index (κ2) is 7.65. The maximum absolute atomic E-state index is 13.0. The summed E-state index contributed by atoms with van der Waals surface area (Å²) in [4.78, 5) is 3.62. The lowest BCUT2D eigenvalue weighted by Crippen LogP contribution is -2.35. The van der Waals surface area contributed by atoms with Crippen LogP contribution in [0.1, 0.15) is 24.0 Å². The van der Waals surface area contributed by atoms with Gasteiger partial charge in [0, 0.05) is 11.8 Å². The Kier molecular flexibility index (Phi) is 5.26. The van der Waals surface area contributed by atoms with Crippen LogP contribution in [0, 0.1) is 0 Å². The highest BCUT2D eigenvalue weighted by molar-refractivity contribution is 7.89. The first kappa shape index (κ1) is 21.3. The fourth-order valence-corrected chi connectivity index (χ4v) is 4.99. The lowest BCUT2D eigenvalue weighted by atomic mass is 9.99. The normalized spacial score (nSPS) is 15.5. The number of nitrogens with one attached hydrogen (secondary N) is 1. The Hall–Kier alpha value is -2.91. The molecule has 1 saturated carbocycles. The highest BCUT2D eigenvalue weighted by atomic mass is 32.2. The van der Waals surface area contributed by atoms with E-state index in [0.717, 1.165) is 34.9 Å². The first-order valence-electron chi connectivity index (χ1n) is 9.45. The second-order valence-electron chi connectivity index (χ2n) is 7.37. The first-order chi connectivity index (χ1) is 14.6. The van der Waals surface area contributed by atoms with E-state index in [2.05, 4.69) is 9.71 Å². The van der Waals surface area contributed by atoms with Crippen LogP contribution in [0.2, 0.25) is 0 Å². The molecule has 3 aromatic rings. The van der Waals surface area contributed by atoms with Gasteiger partial charge in [-0.15, -0.1) is 0 Å². The number of alkyl halides is 3. The molecule has 9 heteroatoms. The maximum atomic E-state index is 13.0. The van der Waals surface area contributed by atoms with Gasteiger partial charge in [-0.25, -0.2) is 13.1 Å². The molecular weight excluding hydrogens is 429 g/mol. The minimum Gasteiger partial charge on any atom is -0.494 e. The number of nitrogens with zero attached hydrogens (tertiary/aromatic N) is 1. The van der Waals surface area contributed by atoms with Crippen LogP contribution in [0.25, 0.3) is 11.1 Å². The summed E-state index contributed by atoms with van der Waals surface area (Å²) in [5.74, 6) is 0.578. The van der Waals surface area contributed by atoms with E-state index in [4.69, 9.17) is 4.74 Å². The monoisotopic (exact) mass is 448 g/mol. The van der Waals surface area contributed by atoms with Gasteiger partial charge in [-0.1, -0.05) is 24.3 Å². The van der Waals surface area contributed by atoms with Crippen LogP contribution in [0.5, 0.6) is 5.75 Å². The molecule has 0 unspecified atom stereocenters. The molecule has 0 saturated heterocycles. The van der Waals surface area contributed by atoms with Gasteiger partial charge in [0.1, 0.15) is 5.75 Å². The van der Waals surface area contributed by atoms with Gasteiger partial charge in [-0.3, -0.25) is 4.98 Å². The minimum absolute atomic E-state index is 0.416.